The van der Waals surface area contributed by atoms with E-state index in [0.29, 0.717) is 28.7 Å². The Morgan fingerprint density at radius 2 is 1.64 bits per heavy atom. The summed E-state index contributed by atoms with van der Waals surface area (Å²) in [6.45, 7) is 0.856. The van der Waals surface area contributed by atoms with E-state index in [9.17, 15) is 14.4 Å². The van der Waals surface area contributed by atoms with Crippen molar-refractivity contribution in [1.82, 2.24) is 29.4 Å². The van der Waals surface area contributed by atoms with Gasteiger partial charge in [0.15, 0.2) is 0 Å². The number of carbonyl (C=O) groups is 3. The topological polar surface area (TPSA) is 93.3 Å². The molecular formula is C25H20Cl2N6O3. The molecule has 4 aromatic rings. The van der Waals surface area contributed by atoms with Crippen LogP contribution in [0.4, 0.5) is 4.79 Å². The minimum atomic E-state index is -0.660. The third-order valence-electron chi connectivity index (χ3n) is 6.03. The molecule has 0 spiro atoms. The van der Waals surface area contributed by atoms with E-state index in [2.05, 4.69) is 10.3 Å². The highest BCUT2D eigenvalue weighted by Crippen LogP contribution is 2.27. The molecule has 0 N–H and O–H groups in total. The van der Waals surface area contributed by atoms with Crippen LogP contribution in [-0.2, 0) is 22.7 Å². The van der Waals surface area contributed by atoms with Crippen molar-refractivity contribution in [1.29, 1.82) is 0 Å². The van der Waals surface area contributed by atoms with Gasteiger partial charge in [-0.3, -0.25) is 19.4 Å². The summed E-state index contributed by atoms with van der Waals surface area (Å²) in [5.41, 5.74) is 3.09. The number of amides is 4. The van der Waals surface area contributed by atoms with Gasteiger partial charge in [-0.2, -0.15) is 0 Å². The van der Waals surface area contributed by atoms with Crippen molar-refractivity contribution >= 4 is 58.0 Å². The molecule has 4 amide bonds. The Morgan fingerprint density at radius 1 is 0.917 bits per heavy atom. The molecule has 0 saturated carbocycles. The highest BCUT2D eigenvalue weighted by Gasteiger charge is 2.38. The highest BCUT2D eigenvalue weighted by molar-refractivity contribution is 6.35. The number of carbonyl (C=O) groups excluding carboxylic acids is 3. The van der Waals surface area contributed by atoms with Crippen molar-refractivity contribution in [3.05, 3.63) is 87.3 Å². The van der Waals surface area contributed by atoms with Gasteiger partial charge >= 0.3 is 6.03 Å². The van der Waals surface area contributed by atoms with Gasteiger partial charge < -0.3 is 4.57 Å². The van der Waals surface area contributed by atoms with E-state index in [0.717, 1.165) is 32.0 Å². The van der Waals surface area contributed by atoms with E-state index in [1.807, 2.05) is 47.3 Å². The fourth-order valence-corrected chi connectivity index (χ4v) is 4.61. The van der Waals surface area contributed by atoms with E-state index in [-0.39, 0.29) is 5.57 Å². The number of urea groups is 1. The van der Waals surface area contributed by atoms with E-state index >= 15 is 0 Å². The number of aromatic nitrogens is 4. The van der Waals surface area contributed by atoms with Crippen LogP contribution >= 0.6 is 23.2 Å². The first-order chi connectivity index (χ1) is 17.2. The predicted molar refractivity (Wildman–Crippen MR) is 136 cm³/mol. The van der Waals surface area contributed by atoms with Crippen LogP contribution in [0.3, 0.4) is 0 Å². The maximum atomic E-state index is 12.7. The maximum Gasteiger partial charge on any atom is 0.333 e. The lowest BCUT2D eigenvalue weighted by atomic mass is 10.1. The van der Waals surface area contributed by atoms with Crippen LogP contribution in [0.5, 0.6) is 0 Å². The number of imide groups is 2. The molecule has 0 radical (unpaired) electrons. The molecule has 1 fully saturated rings. The third kappa shape index (κ3) is 4.27. The summed E-state index contributed by atoms with van der Waals surface area (Å²) in [5, 5.41) is 10.5. The van der Waals surface area contributed by atoms with E-state index < -0.39 is 17.8 Å². The minimum Gasteiger partial charge on any atom is -0.341 e. The largest absolute Gasteiger partial charge is 0.341 e. The van der Waals surface area contributed by atoms with Gasteiger partial charge in [0.2, 0.25) is 0 Å². The van der Waals surface area contributed by atoms with Gasteiger partial charge in [-0.05, 0) is 29.8 Å². The number of likely N-dealkylation sites (N-methyl/N-ethyl adjacent to an activating group) is 2. The van der Waals surface area contributed by atoms with Crippen LogP contribution in [0.1, 0.15) is 16.8 Å². The molecule has 11 heteroatoms. The number of para-hydroxylation sites is 1. The number of benzene rings is 2. The van der Waals surface area contributed by atoms with Crippen LogP contribution in [0.2, 0.25) is 10.0 Å². The summed E-state index contributed by atoms with van der Waals surface area (Å²) in [7, 11) is 2.70. The number of hydrogen-bond donors (Lipinski definition) is 0. The van der Waals surface area contributed by atoms with Crippen LogP contribution in [-0.4, -0.2) is 61.3 Å². The quantitative estimate of drug-likeness (QED) is 0.291. The Kier molecular flexibility index (Phi) is 6.11. The van der Waals surface area contributed by atoms with Crippen molar-refractivity contribution in [2.24, 2.45) is 0 Å². The maximum absolute atomic E-state index is 12.7. The molecule has 2 aromatic carbocycles. The monoisotopic (exact) mass is 522 g/mol. The summed E-state index contributed by atoms with van der Waals surface area (Å²) in [4.78, 5) is 39.3. The lowest BCUT2D eigenvalue weighted by Crippen LogP contribution is -2.52. The molecule has 2 aromatic heterocycles. The number of halogens is 2. The van der Waals surface area contributed by atoms with Gasteiger partial charge in [0.05, 0.1) is 19.3 Å². The lowest BCUT2D eigenvalue weighted by molar-refractivity contribution is -0.134. The summed E-state index contributed by atoms with van der Waals surface area (Å²) < 4.78 is 3.67. The molecule has 36 heavy (non-hydrogen) atoms. The Bertz CT molecular complexity index is 1550. The van der Waals surface area contributed by atoms with Crippen molar-refractivity contribution < 1.29 is 14.4 Å². The number of hydrogen-bond acceptors (Lipinski definition) is 5. The molecule has 1 saturated heterocycles. The van der Waals surface area contributed by atoms with Crippen molar-refractivity contribution in [3.8, 4) is 0 Å². The molecule has 1 aliphatic heterocycles. The third-order valence-corrected chi connectivity index (χ3v) is 6.62. The van der Waals surface area contributed by atoms with Gasteiger partial charge in [0.25, 0.3) is 11.8 Å². The van der Waals surface area contributed by atoms with E-state index in [1.165, 1.54) is 20.2 Å². The Balaban J connectivity index is 1.45. The first-order valence-electron chi connectivity index (χ1n) is 11.0. The van der Waals surface area contributed by atoms with Gasteiger partial charge in [-0.25, -0.2) is 9.48 Å². The smallest absolute Gasteiger partial charge is 0.333 e. The summed E-state index contributed by atoms with van der Waals surface area (Å²) in [5.74, 6) is -1.27. The second-order valence-corrected chi connectivity index (χ2v) is 9.29. The van der Waals surface area contributed by atoms with Gasteiger partial charge in [0.1, 0.15) is 11.3 Å². The normalized spacial score (nSPS) is 14.3. The van der Waals surface area contributed by atoms with Gasteiger partial charge in [-0.15, -0.1) is 5.10 Å². The van der Waals surface area contributed by atoms with Crippen molar-refractivity contribution in [3.63, 3.8) is 0 Å². The average Bonchev–Trinajstić information content (AvgIpc) is 3.45. The standard InChI is InChI=1S/C25H20Cl2N6O3/c1-30-23(34)20(24(35)31(2)25(30)36)9-16-11-32(22-6-4-3-5-19(16)22)13-18-14-33(29-28-18)12-15-7-8-17(26)10-21(15)27/h3-11,14H,12-13H2,1-2H3. The van der Waals surface area contributed by atoms with E-state index in [1.54, 1.807) is 16.8 Å². The molecular weight excluding hydrogens is 503 g/mol. The van der Waals surface area contributed by atoms with Crippen LogP contribution in [0, 0.1) is 0 Å². The van der Waals surface area contributed by atoms with E-state index in [4.69, 9.17) is 23.2 Å². The fraction of sp³-hybridized carbons (Fsp3) is 0.160. The van der Waals surface area contributed by atoms with Crippen LogP contribution < -0.4 is 0 Å². The SMILES string of the molecule is CN1C(=O)C(=Cc2cn(Cc3cn(Cc4ccc(Cl)cc4Cl)nn3)c3ccccc23)C(=O)N(C)C1=O. The zero-order valence-electron chi connectivity index (χ0n) is 19.4. The fourth-order valence-electron chi connectivity index (χ4n) is 4.14. The summed E-state index contributed by atoms with van der Waals surface area (Å²) in [6, 6.07) is 12.3. The van der Waals surface area contributed by atoms with Crippen LogP contribution in [0.15, 0.2) is 60.4 Å². The second-order valence-electron chi connectivity index (χ2n) is 8.44. The Morgan fingerprint density at radius 3 is 2.36 bits per heavy atom. The summed E-state index contributed by atoms with van der Waals surface area (Å²) >= 11 is 12.3. The van der Waals surface area contributed by atoms with Crippen molar-refractivity contribution in [2.75, 3.05) is 14.1 Å². The molecule has 5 rings (SSSR count). The number of barbiturate groups is 1. The number of fused-ring (bicyclic) bond motifs is 1. The molecule has 0 atom stereocenters. The Labute approximate surface area is 216 Å². The molecule has 1 aliphatic rings. The van der Waals surface area contributed by atoms with Crippen molar-refractivity contribution in [2.45, 2.75) is 13.1 Å². The zero-order valence-corrected chi connectivity index (χ0v) is 20.9. The number of rotatable bonds is 5. The molecule has 3 heterocycles. The Hall–Kier alpha value is -3.95. The molecule has 0 bridgehead atoms. The molecule has 0 aliphatic carbocycles. The second kappa shape index (κ2) is 9.25. The molecule has 182 valence electrons. The molecule has 0 unspecified atom stereocenters. The summed E-state index contributed by atoms with van der Waals surface area (Å²) in [6.07, 6.45) is 5.22. The van der Waals surface area contributed by atoms with Gasteiger partial charge in [0, 0.05) is 46.8 Å². The average molecular weight is 523 g/mol. The first kappa shape index (κ1) is 23.8. The predicted octanol–water partition coefficient (Wildman–Crippen LogP) is 4.07. The molecule has 9 nitrogen and oxygen atoms in total. The van der Waals surface area contributed by atoms with Gasteiger partial charge in [-0.1, -0.05) is 52.7 Å². The minimum absolute atomic E-state index is 0.0757. The number of nitrogens with zero attached hydrogens (tertiary/aromatic N) is 6. The zero-order chi connectivity index (χ0) is 25.6. The highest BCUT2D eigenvalue weighted by atomic mass is 35.5. The lowest BCUT2D eigenvalue weighted by Gasteiger charge is -2.28. The first-order valence-corrected chi connectivity index (χ1v) is 11.7. The van der Waals surface area contributed by atoms with Crippen LogP contribution in [0.25, 0.3) is 17.0 Å².